The van der Waals surface area contributed by atoms with Gasteiger partial charge in [0.2, 0.25) is 0 Å². The third kappa shape index (κ3) is 15.2. The zero-order valence-electron chi connectivity index (χ0n) is 21.3. The van der Waals surface area contributed by atoms with E-state index in [-0.39, 0.29) is 12.2 Å². The number of carbonyl (C=O) groups is 2. The lowest BCUT2D eigenvalue weighted by Crippen LogP contribution is -2.35. The molecule has 0 saturated carbocycles. The molecule has 0 spiro atoms. The molecule has 0 saturated heterocycles. The van der Waals surface area contributed by atoms with Gasteiger partial charge in [0.1, 0.15) is 11.2 Å². The first-order valence-corrected chi connectivity index (χ1v) is 11.8. The molecule has 1 rings (SSSR count). The van der Waals surface area contributed by atoms with Gasteiger partial charge in [-0.25, -0.2) is 9.59 Å². The molecule has 33 heavy (non-hydrogen) atoms. The maximum atomic E-state index is 11.8. The van der Waals surface area contributed by atoms with Crippen molar-refractivity contribution in [1.82, 2.24) is 15.5 Å². The van der Waals surface area contributed by atoms with E-state index < -0.39 is 11.2 Å². The summed E-state index contributed by atoms with van der Waals surface area (Å²) >= 11 is 0. The van der Waals surface area contributed by atoms with Crippen molar-refractivity contribution in [1.29, 1.82) is 0 Å². The number of amides is 2. The molecule has 0 aliphatic rings. The number of benzene rings is 1. The third-order valence-electron chi connectivity index (χ3n) is 4.55. The number of carbonyl (C=O) groups excluding carboxylic acids is 2. The standard InChI is InChI=1S/C25H44N4O4/c1-24(2,3)32-22(30)27-14-7-8-16-29(19-21-12-10-20(18-26)11-13-21)17-9-15-28-23(31)33-25(4,5)6/h10-13H,7-9,14-19,26H2,1-6H3,(H,27,30)(H,28,31). The third-order valence-corrected chi connectivity index (χ3v) is 4.55. The Hall–Kier alpha value is -2.32. The van der Waals surface area contributed by atoms with Crippen LogP contribution in [0, 0.1) is 0 Å². The van der Waals surface area contributed by atoms with Gasteiger partial charge in [0.15, 0.2) is 0 Å². The van der Waals surface area contributed by atoms with E-state index in [1.54, 1.807) is 0 Å². The van der Waals surface area contributed by atoms with Crippen LogP contribution in [0.4, 0.5) is 9.59 Å². The van der Waals surface area contributed by atoms with E-state index >= 15 is 0 Å². The largest absolute Gasteiger partial charge is 0.444 e. The molecule has 0 aromatic heterocycles. The minimum Gasteiger partial charge on any atom is -0.444 e. The highest BCUT2D eigenvalue weighted by atomic mass is 16.6. The van der Waals surface area contributed by atoms with Crippen LogP contribution in [0.5, 0.6) is 0 Å². The summed E-state index contributed by atoms with van der Waals surface area (Å²) in [5.41, 5.74) is 7.04. The first kappa shape index (κ1) is 28.7. The van der Waals surface area contributed by atoms with Crippen molar-refractivity contribution < 1.29 is 19.1 Å². The lowest BCUT2D eigenvalue weighted by molar-refractivity contribution is 0.0513. The SMILES string of the molecule is CC(C)(C)OC(=O)NCCCCN(CCCNC(=O)OC(C)(C)C)Cc1ccc(CN)cc1. The van der Waals surface area contributed by atoms with E-state index in [1.807, 2.05) is 41.5 Å². The zero-order chi connectivity index (χ0) is 24.9. The second-order valence-electron chi connectivity index (χ2n) is 10.2. The normalized spacial score (nSPS) is 11.9. The summed E-state index contributed by atoms with van der Waals surface area (Å²) in [4.78, 5) is 26.0. The van der Waals surface area contributed by atoms with Crippen LogP contribution in [-0.2, 0) is 22.6 Å². The van der Waals surface area contributed by atoms with Crippen molar-refractivity contribution >= 4 is 12.2 Å². The summed E-state index contributed by atoms with van der Waals surface area (Å²) in [6.07, 6.45) is 1.84. The maximum Gasteiger partial charge on any atom is 0.407 e. The summed E-state index contributed by atoms with van der Waals surface area (Å²) in [6, 6.07) is 8.33. The Morgan fingerprint density at radius 1 is 0.788 bits per heavy atom. The molecular weight excluding hydrogens is 420 g/mol. The number of rotatable bonds is 12. The van der Waals surface area contributed by atoms with Gasteiger partial charge in [-0.1, -0.05) is 24.3 Å². The molecule has 188 valence electrons. The van der Waals surface area contributed by atoms with Crippen LogP contribution in [0.1, 0.15) is 71.9 Å². The second-order valence-corrected chi connectivity index (χ2v) is 10.2. The van der Waals surface area contributed by atoms with Crippen LogP contribution in [-0.4, -0.2) is 54.5 Å². The number of unbranched alkanes of at least 4 members (excludes halogenated alkanes) is 1. The van der Waals surface area contributed by atoms with Crippen LogP contribution in [0.3, 0.4) is 0 Å². The fourth-order valence-corrected chi connectivity index (χ4v) is 3.08. The maximum absolute atomic E-state index is 11.8. The molecule has 0 heterocycles. The van der Waals surface area contributed by atoms with E-state index in [0.29, 0.717) is 19.6 Å². The fraction of sp³-hybridized carbons (Fsp3) is 0.680. The Balaban J connectivity index is 2.47. The summed E-state index contributed by atoms with van der Waals surface area (Å²) in [5, 5.41) is 5.62. The first-order valence-electron chi connectivity index (χ1n) is 11.8. The van der Waals surface area contributed by atoms with Crippen molar-refractivity contribution in [3.63, 3.8) is 0 Å². The highest BCUT2D eigenvalue weighted by molar-refractivity contribution is 5.67. The Kier molecular flexibility index (Phi) is 12.2. The summed E-state index contributed by atoms with van der Waals surface area (Å²) in [7, 11) is 0. The quantitative estimate of drug-likeness (QED) is 0.401. The summed E-state index contributed by atoms with van der Waals surface area (Å²) in [6.45, 7) is 15.3. The number of hydrogen-bond acceptors (Lipinski definition) is 6. The average Bonchev–Trinajstić information content (AvgIpc) is 2.68. The van der Waals surface area contributed by atoms with Gasteiger partial charge in [-0.3, -0.25) is 4.90 Å². The topological polar surface area (TPSA) is 106 Å². The molecule has 1 aromatic carbocycles. The van der Waals surface area contributed by atoms with Crippen LogP contribution in [0.2, 0.25) is 0 Å². The average molecular weight is 465 g/mol. The molecule has 2 amide bonds. The van der Waals surface area contributed by atoms with Crippen LogP contribution in [0.15, 0.2) is 24.3 Å². The van der Waals surface area contributed by atoms with Gasteiger partial charge in [0.25, 0.3) is 0 Å². The molecule has 4 N–H and O–H groups in total. The summed E-state index contributed by atoms with van der Waals surface area (Å²) < 4.78 is 10.5. The van der Waals surface area contributed by atoms with E-state index in [9.17, 15) is 9.59 Å². The van der Waals surface area contributed by atoms with Gasteiger partial charge in [0, 0.05) is 32.7 Å². The molecule has 0 fully saturated rings. The first-order chi connectivity index (χ1) is 15.4. The minimum atomic E-state index is -0.501. The Morgan fingerprint density at radius 3 is 1.73 bits per heavy atom. The molecule has 1 aromatic rings. The molecule has 8 heteroatoms. The number of ether oxygens (including phenoxy) is 2. The van der Waals surface area contributed by atoms with Gasteiger partial charge in [0.05, 0.1) is 0 Å². The fourth-order valence-electron chi connectivity index (χ4n) is 3.08. The molecule has 0 atom stereocenters. The Morgan fingerprint density at radius 2 is 1.24 bits per heavy atom. The lowest BCUT2D eigenvalue weighted by Gasteiger charge is -2.23. The van der Waals surface area contributed by atoms with Crippen LogP contribution in [0.25, 0.3) is 0 Å². The zero-order valence-corrected chi connectivity index (χ0v) is 21.3. The molecule has 0 unspecified atom stereocenters. The molecule has 0 aliphatic heterocycles. The molecule has 8 nitrogen and oxygen atoms in total. The number of hydrogen-bond donors (Lipinski definition) is 3. The number of alkyl carbamates (subject to hydrolysis) is 2. The van der Waals surface area contributed by atoms with Gasteiger partial charge < -0.3 is 25.8 Å². The van der Waals surface area contributed by atoms with Gasteiger partial charge in [-0.2, -0.15) is 0 Å². The van der Waals surface area contributed by atoms with E-state index in [4.69, 9.17) is 15.2 Å². The lowest BCUT2D eigenvalue weighted by atomic mass is 10.1. The van der Waals surface area contributed by atoms with Crippen molar-refractivity contribution in [3.05, 3.63) is 35.4 Å². The van der Waals surface area contributed by atoms with Gasteiger partial charge in [-0.05, 0) is 78.5 Å². The van der Waals surface area contributed by atoms with Crippen molar-refractivity contribution in [2.75, 3.05) is 26.2 Å². The van der Waals surface area contributed by atoms with Crippen LogP contribution >= 0.6 is 0 Å². The highest BCUT2D eigenvalue weighted by Gasteiger charge is 2.16. The van der Waals surface area contributed by atoms with Gasteiger partial charge in [-0.15, -0.1) is 0 Å². The minimum absolute atomic E-state index is 0.382. The summed E-state index contributed by atoms with van der Waals surface area (Å²) in [5.74, 6) is 0. The van der Waals surface area contributed by atoms with Crippen molar-refractivity contribution in [2.45, 2.75) is 85.1 Å². The number of nitrogens with one attached hydrogen (secondary N) is 2. The number of nitrogens with two attached hydrogens (primary N) is 1. The van der Waals surface area contributed by atoms with E-state index in [1.165, 1.54) is 5.56 Å². The monoisotopic (exact) mass is 464 g/mol. The predicted molar refractivity (Wildman–Crippen MR) is 132 cm³/mol. The smallest absolute Gasteiger partial charge is 0.407 e. The number of nitrogens with zero attached hydrogens (tertiary/aromatic N) is 1. The molecule has 0 bridgehead atoms. The Bertz CT molecular complexity index is 709. The molecule has 0 radical (unpaired) electrons. The highest BCUT2D eigenvalue weighted by Crippen LogP contribution is 2.10. The van der Waals surface area contributed by atoms with E-state index in [0.717, 1.165) is 44.5 Å². The predicted octanol–water partition coefficient (Wildman–Crippen LogP) is 4.17. The molecule has 0 aliphatic carbocycles. The second kappa shape index (κ2) is 14.1. The van der Waals surface area contributed by atoms with E-state index in [2.05, 4.69) is 39.8 Å². The Labute approximate surface area is 199 Å². The van der Waals surface area contributed by atoms with Crippen molar-refractivity contribution in [3.8, 4) is 0 Å². The van der Waals surface area contributed by atoms with Gasteiger partial charge >= 0.3 is 12.2 Å². The van der Waals surface area contributed by atoms with Crippen LogP contribution < -0.4 is 16.4 Å². The van der Waals surface area contributed by atoms with Crippen molar-refractivity contribution in [2.24, 2.45) is 5.73 Å². The molecular formula is C25H44N4O4.